The summed E-state index contributed by atoms with van der Waals surface area (Å²) in [6, 6.07) is 5.67. The fourth-order valence-corrected chi connectivity index (χ4v) is 2.95. The summed E-state index contributed by atoms with van der Waals surface area (Å²) in [5, 5.41) is 13.2. The molecule has 1 saturated carbocycles. The third-order valence-corrected chi connectivity index (χ3v) is 4.45. The van der Waals surface area contributed by atoms with E-state index in [0.29, 0.717) is 12.0 Å². The minimum absolute atomic E-state index is 0.173. The molecule has 1 aliphatic carbocycles. The van der Waals surface area contributed by atoms with E-state index in [0.717, 1.165) is 37.3 Å². The van der Waals surface area contributed by atoms with Crippen molar-refractivity contribution < 1.29 is 9.50 Å². The predicted molar refractivity (Wildman–Crippen MR) is 78.3 cm³/mol. The summed E-state index contributed by atoms with van der Waals surface area (Å²) in [6.45, 7) is 4.39. The van der Waals surface area contributed by atoms with Crippen molar-refractivity contribution in [3.8, 4) is 0 Å². The summed E-state index contributed by atoms with van der Waals surface area (Å²) in [5.41, 5.74) is 2.14. The molecular weight excluding hydrogens is 255 g/mol. The Kier molecular flexibility index (Phi) is 3.94. The SMILES string of the molecule is CC(O)C1CCN(c2ccc(F)cc2CNC2CC2)C1. The second-order valence-corrected chi connectivity index (χ2v) is 6.16. The van der Waals surface area contributed by atoms with Gasteiger partial charge in [0, 0.05) is 37.3 Å². The Balaban J connectivity index is 1.74. The van der Waals surface area contributed by atoms with Gasteiger partial charge in [-0.05, 0) is 49.9 Å². The Morgan fingerprint density at radius 2 is 2.20 bits per heavy atom. The van der Waals surface area contributed by atoms with Crippen LogP contribution in [0.5, 0.6) is 0 Å². The molecule has 2 atom stereocenters. The number of nitrogens with zero attached hydrogens (tertiary/aromatic N) is 1. The molecule has 1 heterocycles. The Morgan fingerprint density at radius 3 is 2.85 bits per heavy atom. The Hall–Kier alpha value is -1.13. The molecule has 1 aliphatic heterocycles. The van der Waals surface area contributed by atoms with E-state index in [1.54, 1.807) is 6.07 Å². The largest absolute Gasteiger partial charge is 0.393 e. The van der Waals surface area contributed by atoms with Crippen LogP contribution in [-0.4, -0.2) is 30.3 Å². The van der Waals surface area contributed by atoms with Crippen LogP contribution in [0.3, 0.4) is 0 Å². The molecule has 2 aliphatic rings. The number of nitrogens with one attached hydrogen (secondary N) is 1. The van der Waals surface area contributed by atoms with Crippen molar-refractivity contribution >= 4 is 5.69 Å². The molecule has 20 heavy (non-hydrogen) atoms. The number of aliphatic hydroxyl groups excluding tert-OH is 1. The van der Waals surface area contributed by atoms with Crippen LogP contribution in [0.25, 0.3) is 0 Å². The Morgan fingerprint density at radius 1 is 1.40 bits per heavy atom. The lowest BCUT2D eigenvalue weighted by Gasteiger charge is -2.23. The van der Waals surface area contributed by atoms with E-state index in [2.05, 4.69) is 10.2 Å². The van der Waals surface area contributed by atoms with Crippen molar-refractivity contribution in [2.45, 2.75) is 44.9 Å². The van der Waals surface area contributed by atoms with Crippen molar-refractivity contribution in [1.29, 1.82) is 0 Å². The Bertz CT molecular complexity index is 474. The molecule has 1 saturated heterocycles. The second-order valence-electron chi connectivity index (χ2n) is 6.16. The van der Waals surface area contributed by atoms with Gasteiger partial charge < -0.3 is 15.3 Å². The normalized spacial score (nSPS) is 24.1. The smallest absolute Gasteiger partial charge is 0.123 e. The quantitative estimate of drug-likeness (QED) is 0.867. The number of hydrogen-bond acceptors (Lipinski definition) is 3. The zero-order valence-electron chi connectivity index (χ0n) is 12.0. The fourth-order valence-electron chi connectivity index (χ4n) is 2.95. The van der Waals surface area contributed by atoms with E-state index in [1.165, 1.54) is 18.9 Å². The highest BCUT2D eigenvalue weighted by molar-refractivity contribution is 5.54. The van der Waals surface area contributed by atoms with Gasteiger partial charge in [-0.25, -0.2) is 4.39 Å². The monoisotopic (exact) mass is 278 g/mol. The van der Waals surface area contributed by atoms with Crippen molar-refractivity contribution in [3.63, 3.8) is 0 Å². The average molecular weight is 278 g/mol. The van der Waals surface area contributed by atoms with Gasteiger partial charge in [-0.1, -0.05) is 0 Å². The van der Waals surface area contributed by atoms with Gasteiger partial charge >= 0.3 is 0 Å². The van der Waals surface area contributed by atoms with Gasteiger partial charge in [0.1, 0.15) is 5.82 Å². The number of hydrogen-bond donors (Lipinski definition) is 2. The first-order valence-corrected chi connectivity index (χ1v) is 7.58. The summed E-state index contributed by atoms with van der Waals surface area (Å²) < 4.78 is 13.5. The van der Waals surface area contributed by atoms with Gasteiger partial charge in [0.2, 0.25) is 0 Å². The van der Waals surface area contributed by atoms with Crippen molar-refractivity contribution in [2.24, 2.45) is 5.92 Å². The van der Waals surface area contributed by atoms with Crippen LogP contribution in [0.4, 0.5) is 10.1 Å². The molecule has 110 valence electrons. The molecule has 1 aromatic carbocycles. The molecule has 0 aromatic heterocycles. The molecule has 1 aromatic rings. The van der Waals surface area contributed by atoms with Gasteiger partial charge in [0.15, 0.2) is 0 Å². The minimum Gasteiger partial charge on any atom is -0.393 e. The van der Waals surface area contributed by atoms with Crippen LogP contribution in [0.15, 0.2) is 18.2 Å². The van der Waals surface area contributed by atoms with Crippen LogP contribution in [0.2, 0.25) is 0 Å². The average Bonchev–Trinajstić information content (AvgIpc) is 3.11. The van der Waals surface area contributed by atoms with Crippen LogP contribution in [0.1, 0.15) is 31.7 Å². The van der Waals surface area contributed by atoms with E-state index in [4.69, 9.17) is 0 Å². The lowest BCUT2D eigenvalue weighted by Crippen LogP contribution is -2.26. The van der Waals surface area contributed by atoms with Gasteiger partial charge in [-0.15, -0.1) is 0 Å². The van der Waals surface area contributed by atoms with E-state index in [9.17, 15) is 9.50 Å². The molecule has 2 fully saturated rings. The molecule has 2 N–H and O–H groups in total. The topological polar surface area (TPSA) is 35.5 Å². The van der Waals surface area contributed by atoms with Crippen molar-refractivity contribution in [1.82, 2.24) is 5.32 Å². The van der Waals surface area contributed by atoms with Gasteiger partial charge in [-0.2, -0.15) is 0 Å². The molecule has 4 heteroatoms. The maximum atomic E-state index is 13.5. The first kappa shape index (κ1) is 13.8. The second kappa shape index (κ2) is 5.70. The minimum atomic E-state index is -0.270. The summed E-state index contributed by atoms with van der Waals surface area (Å²) >= 11 is 0. The van der Waals surface area contributed by atoms with Crippen LogP contribution in [0, 0.1) is 11.7 Å². The highest BCUT2D eigenvalue weighted by Crippen LogP contribution is 2.30. The fraction of sp³-hybridized carbons (Fsp3) is 0.625. The van der Waals surface area contributed by atoms with Gasteiger partial charge in [0.05, 0.1) is 6.10 Å². The van der Waals surface area contributed by atoms with E-state index in [1.807, 2.05) is 13.0 Å². The van der Waals surface area contributed by atoms with Gasteiger partial charge in [-0.3, -0.25) is 0 Å². The first-order valence-electron chi connectivity index (χ1n) is 7.58. The highest BCUT2D eigenvalue weighted by atomic mass is 19.1. The van der Waals surface area contributed by atoms with E-state index < -0.39 is 0 Å². The van der Waals surface area contributed by atoms with Gasteiger partial charge in [0.25, 0.3) is 0 Å². The molecule has 0 spiro atoms. The summed E-state index contributed by atoms with van der Waals surface area (Å²) in [6.07, 6.45) is 3.20. The molecule has 3 rings (SSSR count). The third kappa shape index (κ3) is 3.13. The first-order chi connectivity index (χ1) is 9.63. The maximum Gasteiger partial charge on any atom is 0.123 e. The third-order valence-electron chi connectivity index (χ3n) is 4.45. The van der Waals surface area contributed by atoms with Crippen LogP contribution >= 0.6 is 0 Å². The number of rotatable bonds is 5. The zero-order valence-corrected chi connectivity index (χ0v) is 12.0. The number of benzene rings is 1. The predicted octanol–water partition coefficient (Wildman–Crippen LogP) is 2.28. The molecule has 0 radical (unpaired) electrons. The van der Waals surface area contributed by atoms with E-state index in [-0.39, 0.29) is 11.9 Å². The van der Waals surface area contributed by atoms with Crippen LogP contribution < -0.4 is 10.2 Å². The van der Waals surface area contributed by atoms with Crippen LogP contribution in [-0.2, 0) is 6.54 Å². The lowest BCUT2D eigenvalue weighted by molar-refractivity contribution is 0.136. The number of anilines is 1. The molecule has 0 bridgehead atoms. The van der Waals surface area contributed by atoms with Crippen molar-refractivity contribution in [3.05, 3.63) is 29.6 Å². The zero-order chi connectivity index (χ0) is 14.1. The molecule has 2 unspecified atom stereocenters. The number of aliphatic hydroxyl groups is 1. The highest BCUT2D eigenvalue weighted by Gasteiger charge is 2.28. The standard InChI is InChI=1S/C16H23FN2O/c1-11(20)12-6-7-19(10-12)16-5-2-14(17)8-13(16)9-18-15-3-4-15/h2,5,8,11-12,15,18,20H,3-4,6-7,9-10H2,1H3. The summed E-state index contributed by atoms with van der Waals surface area (Å²) in [7, 11) is 0. The molecule has 3 nitrogen and oxygen atoms in total. The van der Waals surface area contributed by atoms with E-state index >= 15 is 0 Å². The summed E-state index contributed by atoms with van der Waals surface area (Å²) in [4.78, 5) is 2.28. The Labute approximate surface area is 119 Å². The molecular formula is C16H23FN2O. The van der Waals surface area contributed by atoms with Crippen molar-refractivity contribution in [2.75, 3.05) is 18.0 Å². The number of halogens is 1. The molecule has 0 amide bonds. The maximum absolute atomic E-state index is 13.5. The lowest BCUT2D eigenvalue weighted by atomic mass is 10.0. The summed E-state index contributed by atoms with van der Waals surface area (Å²) in [5.74, 6) is 0.150.